The summed E-state index contributed by atoms with van der Waals surface area (Å²) < 4.78 is 98.2. The predicted octanol–water partition coefficient (Wildman–Crippen LogP) is 16.5. The molecule has 136 heavy (non-hydrogen) atoms. The maximum absolute atomic E-state index is 14.2. The molecule has 4 N–H and O–H groups in total. The summed E-state index contributed by atoms with van der Waals surface area (Å²) in [7, 11) is 0. The smallest absolute Gasteiger partial charge is 0.416 e. The number of aryl methyl sites for hydroxylation is 2. The van der Waals surface area contributed by atoms with E-state index in [0.29, 0.717) is 113 Å². The molecule has 0 spiro atoms. The minimum Gasteiger partial charge on any atom is -0.477 e. The van der Waals surface area contributed by atoms with E-state index < -0.39 is 94.2 Å². The quantitative estimate of drug-likeness (QED) is 0.0295. The molecule has 0 saturated carbocycles. The third-order valence-electron chi connectivity index (χ3n) is 22.0. The Balaban J connectivity index is 0.000000184. The second-order valence-corrected chi connectivity index (χ2v) is 30.8. The van der Waals surface area contributed by atoms with Crippen LogP contribution in [0.1, 0.15) is 110 Å². The Morgan fingerprint density at radius 1 is 0.404 bits per heavy atom. The Labute approximate surface area is 769 Å². The predicted molar refractivity (Wildman–Crippen MR) is 491 cm³/mol. The summed E-state index contributed by atoms with van der Waals surface area (Å²) in [6.45, 7) is 18.3. The number of esters is 1. The van der Waals surface area contributed by atoms with Gasteiger partial charge in [0.1, 0.15) is 22.3 Å². The van der Waals surface area contributed by atoms with Crippen molar-refractivity contribution >= 4 is 29.4 Å². The van der Waals surface area contributed by atoms with Gasteiger partial charge in [-0.15, -0.1) is 0 Å². The maximum Gasteiger partial charge on any atom is 0.416 e. The number of rotatable bonds is 21. The number of hydrogen-bond acceptors (Lipinski definition) is 17. The number of nitrogens with zero attached hydrogens (tertiary/aromatic N) is 16. The normalized spacial score (nSPS) is 11.3. The number of hydrogen-bond donors (Lipinski definition) is 4. The topological polar surface area (TPSA) is 377 Å². The van der Waals surface area contributed by atoms with Crippen molar-refractivity contribution in [1.82, 2.24) is 68.0 Å². The second kappa shape index (κ2) is 39.6. The minimum atomic E-state index is -4.75. The summed E-state index contributed by atoms with van der Waals surface area (Å²) in [6, 6.07) is 67.9. The molecule has 1 atom stereocenters. The highest BCUT2D eigenvalue weighted by Gasteiger charge is 2.34. The number of amides is 2. The van der Waals surface area contributed by atoms with Crippen LogP contribution < -0.4 is 32.9 Å². The van der Waals surface area contributed by atoms with Gasteiger partial charge in [0.05, 0.1) is 136 Å². The van der Waals surface area contributed by atoms with Crippen LogP contribution in [0.3, 0.4) is 0 Å². The number of ether oxygens (including phenoxy) is 1. The average Bonchev–Trinajstić information content (AvgIpc) is 1.41. The first-order chi connectivity index (χ1) is 65.1. The summed E-state index contributed by atoms with van der Waals surface area (Å²) >= 11 is 0. The van der Waals surface area contributed by atoms with Crippen LogP contribution in [0, 0.1) is 82.1 Å². The Hall–Kier alpha value is -18.2. The van der Waals surface area contributed by atoms with Crippen LogP contribution in [0.25, 0.3) is 95.4 Å². The summed E-state index contributed by atoms with van der Waals surface area (Å²) in [4.78, 5) is 111. The number of carbonyl (C=O) groups excluding carboxylic acids is 3. The molecule has 1 unspecified atom stereocenters. The number of nitrogens with one attached hydrogen (secondary N) is 2. The molecule has 0 bridgehead atoms. The van der Waals surface area contributed by atoms with Crippen molar-refractivity contribution in [2.75, 3.05) is 19.7 Å². The van der Waals surface area contributed by atoms with Crippen molar-refractivity contribution in [3.63, 3.8) is 0 Å². The molecule has 0 radical (unpaired) electrons. The van der Waals surface area contributed by atoms with Crippen LogP contribution in [0.5, 0.6) is 0 Å². The Kier molecular flexibility index (Phi) is 27.4. The lowest BCUT2D eigenvalue weighted by Gasteiger charge is -2.19. The van der Waals surface area contributed by atoms with Gasteiger partial charge in [-0.2, -0.15) is 62.5 Å². The molecule has 16 aromatic rings. The third kappa shape index (κ3) is 19.6. The van der Waals surface area contributed by atoms with Crippen molar-refractivity contribution < 1.29 is 60.5 Å². The molecule has 8 heterocycles. The van der Waals surface area contributed by atoms with Gasteiger partial charge in [-0.3, -0.25) is 47.0 Å². The number of carbonyl (C=O) groups is 4. The molecule has 8 aromatic carbocycles. The van der Waals surface area contributed by atoms with Gasteiger partial charge in [0, 0.05) is 80.9 Å². The van der Waals surface area contributed by atoms with Crippen LogP contribution >= 0.6 is 0 Å². The third-order valence-corrected chi connectivity index (χ3v) is 22.0. The highest BCUT2D eigenvalue weighted by Crippen LogP contribution is 2.37. The molecule has 0 aliphatic rings. The first-order valence-corrected chi connectivity index (χ1v) is 41.5. The summed E-state index contributed by atoms with van der Waals surface area (Å²) in [5, 5.41) is 70.9. The fourth-order valence-electron chi connectivity index (χ4n) is 15.3. The van der Waals surface area contributed by atoms with E-state index in [1.807, 2.05) is 44.2 Å². The van der Waals surface area contributed by atoms with Crippen LogP contribution in [0.2, 0.25) is 0 Å². The lowest BCUT2D eigenvalue weighted by molar-refractivity contribution is -0.138. The summed E-state index contributed by atoms with van der Waals surface area (Å²) in [5.74, 6) is -4.01. The number of benzene rings is 8. The van der Waals surface area contributed by atoms with E-state index in [1.165, 1.54) is 75.6 Å². The van der Waals surface area contributed by atoms with Gasteiger partial charge in [-0.1, -0.05) is 48.5 Å². The molecular weight excluding hydrogens is 1760 g/mol. The molecule has 8 aromatic heterocycles. The first-order valence-electron chi connectivity index (χ1n) is 41.5. The minimum absolute atomic E-state index is 0.00815. The number of aliphatic hydroxyl groups excluding tert-OH is 1. The molecule has 0 aliphatic heterocycles. The summed E-state index contributed by atoms with van der Waals surface area (Å²) in [5.41, 5.74) is 5.77. The van der Waals surface area contributed by atoms with Gasteiger partial charge < -0.3 is 25.6 Å². The molecule has 16 rings (SSSR count). The SMILES string of the molecule is CCOC(=O)c1cc(-c2ccnn2-c2ccc(C#N)cc2)c(C)n(-c2cccc(C(F)(F)F)c2)c1=O.Cc1cccc(-n2c(C)c(-c3ccnn3-c3ccc(C#N)cc3)cc(C(=O)O)c2=O)c1.[C-]#[N+]c1ccc(-n2nccc2-c2cc(C(=O)NCC(O)CNC(=O)c3cc(-c4ccnn4-c4ccc(C#N)cc4)c(C)n(-c4cccc(C)c4)c3=O)c(=O)n(-c3cccc(C(F)(F)F)c3)c2C)cc1. The van der Waals surface area contributed by atoms with Crippen LogP contribution in [0.15, 0.2) is 287 Å². The zero-order chi connectivity index (χ0) is 97.3. The zero-order valence-corrected chi connectivity index (χ0v) is 73.1. The van der Waals surface area contributed by atoms with Gasteiger partial charge in [0.25, 0.3) is 34.1 Å². The van der Waals surface area contributed by atoms with Gasteiger partial charge in [-0.25, -0.2) is 33.2 Å². The Morgan fingerprint density at radius 3 is 0.985 bits per heavy atom. The number of halogens is 6. The van der Waals surface area contributed by atoms with Crippen molar-refractivity contribution in [1.29, 1.82) is 15.8 Å². The van der Waals surface area contributed by atoms with E-state index >= 15 is 0 Å². The molecule has 0 saturated heterocycles. The number of aliphatic hydroxyl groups is 1. The maximum atomic E-state index is 14.2. The summed E-state index contributed by atoms with van der Waals surface area (Å²) in [6.07, 6.45) is -4.69. The Morgan fingerprint density at radius 2 is 0.691 bits per heavy atom. The molecular formula is C101H76F6N18O11. The fourth-order valence-corrected chi connectivity index (χ4v) is 15.3. The lowest BCUT2D eigenvalue weighted by Crippen LogP contribution is -2.43. The number of alkyl halides is 6. The first kappa shape index (κ1) is 93.9. The van der Waals surface area contributed by atoms with E-state index in [1.54, 1.807) is 200 Å². The Bertz CT molecular complexity index is 7830. The number of aromatic nitrogens is 12. The van der Waals surface area contributed by atoms with E-state index in [2.05, 4.69) is 48.0 Å². The fraction of sp³-hybridized carbons (Fsp3) is 0.129. The molecule has 2 amide bonds. The highest BCUT2D eigenvalue weighted by molar-refractivity contribution is 5.97. The standard InChI is InChI=1S/C51H39F3N10O5.C26H19F3N4O3.C24H18N4O3/c1-30-7-5-9-38(23-30)61-31(2)41(45-19-21-59-63(45)36-15-11-33(27-55)12-16-36)25-43(49(61)68)47(66)57-28-40(65)29-58-48(67)44-26-42(46-20-22-60-64(46)37-17-13-35(56-4)14-18-37)32(3)62(50(44)69)39-10-6-8-34(24-39)51(52,53)54;1-3-36-25(35)22-14-21(23-11-12-31-33(23)19-9-7-17(15-30)8-10-19)16(2)32(24(22)34)20-6-4-5-18(13-20)26(27,28)29;1-15-4-3-5-19(12-15)27-16(2)20(13-21(23(27)29)24(30)31)22-10-11-26-28(22)18-8-6-17(14-25)7-9-18/h5-26,40,65H,28-29H2,1-3H3,(H,57,66)(H,58,67);4-14H,3H2,1-2H3;3-13H,1-2H3,(H,30,31). The van der Waals surface area contributed by atoms with Gasteiger partial charge >= 0.3 is 24.3 Å². The molecule has 678 valence electrons. The molecule has 0 fully saturated rings. The van der Waals surface area contributed by atoms with Crippen molar-refractivity contribution in [3.05, 3.63) is 404 Å². The number of carboxylic acids is 1. The van der Waals surface area contributed by atoms with Crippen molar-refractivity contribution in [2.24, 2.45) is 0 Å². The van der Waals surface area contributed by atoms with Crippen LogP contribution in [0.4, 0.5) is 32.0 Å². The van der Waals surface area contributed by atoms with E-state index in [0.717, 1.165) is 50.6 Å². The molecule has 29 nitrogen and oxygen atoms in total. The number of carboxylic acid groups (broad SMARTS) is 1. The van der Waals surface area contributed by atoms with E-state index in [4.69, 9.17) is 21.8 Å². The van der Waals surface area contributed by atoms with Crippen LogP contribution in [-0.2, 0) is 17.1 Å². The molecule has 0 aliphatic carbocycles. The van der Waals surface area contributed by atoms with Gasteiger partial charge in [0.2, 0.25) is 0 Å². The van der Waals surface area contributed by atoms with E-state index in [-0.39, 0.29) is 45.9 Å². The monoisotopic (exact) mass is 1830 g/mol. The largest absolute Gasteiger partial charge is 0.477 e. The molecule has 35 heteroatoms. The second-order valence-electron chi connectivity index (χ2n) is 30.8. The zero-order valence-electron chi connectivity index (χ0n) is 73.1. The number of nitriles is 3. The highest BCUT2D eigenvalue weighted by atomic mass is 19.4. The van der Waals surface area contributed by atoms with Gasteiger partial charge in [-0.05, 0) is 254 Å². The lowest BCUT2D eigenvalue weighted by atomic mass is 10.0. The van der Waals surface area contributed by atoms with E-state index in [9.17, 15) is 80.2 Å². The van der Waals surface area contributed by atoms with Gasteiger partial charge in [0.15, 0.2) is 5.69 Å². The number of aromatic carboxylic acids is 1. The average molecular weight is 1830 g/mol. The number of pyridine rings is 4. The van der Waals surface area contributed by atoms with Crippen molar-refractivity contribution in [2.45, 2.75) is 66.9 Å². The van der Waals surface area contributed by atoms with Crippen molar-refractivity contribution in [3.8, 4) is 109 Å². The van der Waals surface area contributed by atoms with Crippen LogP contribution in [-0.4, -0.2) is 117 Å².